The van der Waals surface area contributed by atoms with Gasteiger partial charge in [0.1, 0.15) is 6.54 Å². The van der Waals surface area contributed by atoms with E-state index in [1.807, 2.05) is 0 Å². The smallest absolute Gasteiger partial charge is 0.251 e. The quantitative estimate of drug-likeness (QED) is 0.753. The second kappa shape index (κ2) is 7.56. The van der Waals surface area contributed by atoms with Crippen LogP contribution in [0.1, 0.15) is 13.3 Å². The summed E-state index contributed by atoms with van der Waals surface area (Å²) in [6, 6.07) is 3.00. The number of carbonyl (C=O) groups is 1. The summed E-state index contributed by atoms with van der Waals surface area (Å²) in [5.74, 6) is -0.331. The van der Waals surface area contributed by atoms with Crippen molar-refractivity contribution in [2.24, 2.45) is 0 Å². The van der Waals surface area contributed by atoms with Crippen molar-refractivity contribution in [3.05, 3.63) is 33.2 Å². The molecule has 7 heteroatoms. The Balaban J connectivity index is 2.52. The Bertz CT molecular complexity index is 513. The molecule has 1 aromatic heterocycles. The highest BCUT2D eigenvalue weighted by molar-refractivity contribution is 9.10. The number of nitrogens with one attached hydrogen (secondary N) is 1. The van der Waals surface area contributed by atoms with Crippen molar-refractivity contribution in [2.75, 3.05) is 20.3 Å². The number of hydrogen-bond donors (Lipinski definition) is 2. The van der Waals surface area contributed by atoms with E-state index in [1.54, 1.807) is 26.3 Å². The van der Waals surface area contributed by atoms with E-state index in [1.165, 1.54) is 10.6 Å². The van der Waals surface area contributed by atoms with E-state index < -0.39 is 5.60 Å². The molecule has 0 radical (unpaired) electrons. The highest BCUT2D eigenvalue weighted by Crippen LogP contribution is 2.07. The standard InChI is InChI=1S/C13H19BrN2O4/c1-13(19,5-6-20-2)9-15-11(17)8-16-7-10(14)3-4-12(16)18/h3-4,7,19H,5-6,8-9H2,1-2H3,(H,15,17). The van der Waals surface area contributed by atoms with E-state index in [2.05, 4.69) is 21.2 Å². The van der Waals surface area contributed by atoms with Crippen LogP contribution in [0.25, 0.3) is 0 Å². The van der Waals surface area contributed by atoms with Crippen LogP contribution < -0.4 is 10.9 Å². The molecule has 1 unspecified atom stereocenters. The van der Waals surface area contributed by atoms with Gasteiger partial charge in [0.15, 0.2) is 0 Å². The summed E-state index contributed by atoms with van der Waals surface area (Å²) in [5, 5.41) is 12.6. The van der Waals surface area contributed by atoms with Crippen LogP contribution in [0.4, 0.5) is 0 Å². The van der Waals surface area contributed by atoms with E-state index in [9.17, 15) is 14.7 Å². The molecule has 112 valence electrons. The predicted octanol–water partition coefficient (Wildman–Crippen LogP) is 0.514. The Morgan fingerprint density at radius 2 is 2.25 bits per heavy atom. The van der Waals surface area contributed by atoms with Crippen molar-refractivity contribution in [1.82, 2.24) is 9.88 Å². The first-order chi connectivity index (χ1) is 9.34. The zero-order valence-corrected chi connectivity index (χ0v) is 13.1. The predicted molar refractivity (Wildman–Crippen MR) is 78.5 cm³/mol. The number of amides is 1. The van der Waals surface area contributed by atoms with Gasteiger partial charge in [-0.25, -0.2) is 0 Å². The van der Waals surface area contributed by atoms with Crippen molar-refractivity contribution in [2.45, 2.75) is 25.5 Å². The van der Waals surface area contributed by atoms with Gasteiger partial charge < -0.3 is 19.7 Å². The Hall–Kier alpha value is -1.18. The molecular weight excluding hydrogens is 328 g/mol. The molecule has 0 fully saturated rings. The fourth-order valence-electron chi connectivity index (χ4n) is 1.54. The maximum absolute atomic E-state index is 11.8. The maximum atomic E-state index is 11.8. The van der Waals surface area contributed by atoms with Crippen LogP contribution in [0.15, 0.2) is 27.6 Å². The summed E-state index contributed by atoms with van der Waals surface area (Å²) in [5.41, 5.74) is -1.29. The van der Waals surface area contributed by atoms with Crippen LogP contribution in [0.3, 0.4) is 0 Å². The van der Waals surface area contributed by atoms with Gasteiger partial charge in [-0.1, -0.05) is 0 Å². The minimum absolute atomic E-state index is 0.0847. The first-order valence-corrected chi connectivity index (χ1v) is 6.97. The molecule has 20 heavy (non-hydrogen) atoms. The number of methoxy groups -OCH3 is 1. The summed E-state index contributed by atoms with van der Waals surface area (Å²) in [6.45, 7) is 2.06. The van der Waals surface area contributed by atoms with Crippen LogP contribution in [0.2, 0.25) is 0 Å². The number of hydrogen-bond acceptors (Lipinski definition) is 4. The molecule has 0 aliphatic rings. The van der Waals surface area contributed by atoms with E-state index in [4.69, 9.17) is 4.74 Å². The molecule has 0 aliphatic heterocycles. The molecule has 1 heterocycles. The third-order valence-corrected chi connectivity index (χ3v) is 3.24. The molecule has 0 aliphatic carbocycles. The van der Waals surface area contributed by atoms with Crippen LogP contribution in [0, 0.1) is 0 Å². The first kappa shape index (κ1) is 16.9. The molecular formula is C13H19BrN2O4. The van der Waals surface area contributed by atoms with Gasteiger partial charge in [0.05, 0.1) is 5.60 Å². The largest absolute Gasteiger partial charge is 0.388 e. The van der Waals surface area contributed by atoms with Crippen LogP contribution in [-0.2, 0) is 16.1 Å². The number of carbonyl (C=O) groups excluding carboxylic acids is 1. The molecule has 2 N–H and O–H groups in total. The van der Waals surface area contributed by atoms with Crippen LogP contribution >= 0.6 is 15.9 Å². The van der Waals surface area contributed by atoms with Gasteiger partial charge in [-0.2, -0.15) is 0 Å². The zero-order valence-electron chi connectivity index (χ0n) is 11.6. The number of pyridine rings is 1. The maximum Gasteiger partial charge on any atom is 0.251 e. The van der Waals surface area contributed by atoms with E-state index in [-0.39, 0.29) is 24.6 Å². The number of ether oxygens (including phenoxy) is 1. The lowest BCUT2D eigenvalue weighted by Gasteiger charge is -2.23. The summed E-state index contributed by atoms with van der Waals surface area (Å²) in [4.78, 5) is 23.3. The third kappa shape index (κ3) is 5.85. The van der Waals surface area contributed by atoms with Gasteiger partial charge in [-0.15, -0.1) is 0 Å². The number of halogens is 1. The van der Waals surface area contributed by atoms with Gasteiger partial charge in [0, 0.05) is 43.4 Å². The van der Waals surface area contributed by atoms with Gasteiger partial charge >= 0.3 is 0 Å². The molecule has 1 aromatic rings. The second-order valence-electron chi connectivity index (χ2n) is 4.83. The van der Waals surface area contributed by atoms with Gasteiger partial charge in [-0.05, 0) is 28.9 Å². The van der Waals surface area contributed by atoms with E-state index in [0.717, 1.165) is 4.47 Å². The highest BCUT2D eigenvalue weighted by Gasteiger charge is 2.20. The Morgan fingerprint density at radius 3 is 2.90 bits per heavy atom. The van der Waals surface area contributed by atoms with Crippen molar-refractivity contribution in [3.63, 3.8) is 0 Å². The number of nitrogens with zero attached hydrogens (tertiary/aromatic N) is 1. The zero-order chi connectivity index (χ0) is 15.2. The summed E-state index contributed by atoms with van der Waals surface area (Å²) >= 11 is 3.24. The molecule has 1 rings (SSSR count). The molecule has 0 aromatic carbocycles. The van der Waals surface area contributed by atoms with Crippen molar-refractivity contribution < 1.29 is 14.6 Å². The van der Waals surface area contributed by atoms with Crippen LogP contribution in [-0.4, -0.2) is 41.4 Å². The third-order valence-electron chi connectivity index (χ3n) is 2.77. The summed E-state index contributed by atoms with van der Waals surface area (Å²) in [7, 11) is 1.55. The van der Waals surface area contributed by atoms with E-state index in [0.29, 0.717) is 13.0 Å². The van der Waals surface area contributed by atoms with Crippen LogP contribution in [0.5, 0.6) is 0 Å². The average molecular weight is 347 g/mol. The lowest BCUT2D eigenvalue weighted by Crippen LogP contribution is -2.43. The fraction of sp³-hybridized carbons (Fsp3) is 0.538. The molecule has 0 saturated carbocycles. The monoisotopic (exact) mass is 346 g/mol. The van der Waals surface area contributed by atoms with Crippen molar-refractivity contribution in [3.8, 4) is 0 Å². The topological polar surface area (TPSA) is 80.6 Å². The normalized spacial score (nSPS) is 13.8. The molecule has 6 nitrogen and oxygen atoms in total. The highest BCUT2D eigenvalue weighted by atomic mass is 79.9. The first-order valence-electron chi connectivity index (χ1n) is 6.18. The second-order valence-corrected chi connectivity index (χ2v) is 5.75. The Morgan fingerprint density at radius 1 is 1.55 bits per heavy atom. The molecule has 0 spiro atoms. The lowest BCUT2D eigenvalue weighted by molar-refractivity contribution is -0.123. The molecule has 0 bridgehead atoms. The lowest BCUT2D eigenvalue weighted by atomic mass is 10.0. The van der Waals surface area contributed by atoms with Gasteiger partial charge in [0.2, 0.25) is 5.91 Å². The number of aliphatic hydroxyl groups is 1. The summed E-state index contributed by atoms with van der Waals surface area (Å²) < 4.78 is 6.90. The molecule has 1 atom stereocenters. The molecule has 0 saturated heterocycles. The summed E-state index contributed by atoms with van der Waals surface area (Å²) in [6.07, 6.45) is 1.96. The fourth-order valence-corrected chi connectivity index (χ4v) is 1.91. The Kier molecular flexibility index (Phi) is 6.38. The SMILES string of the molecule is COCCC(C)(O)CNC(=O)Cn1cc(Br)ccc1=O. The van der Waals surface area contributed by atoms with Gasteiger partial charge in [0.25, 0.3) is 5.56 Å². The average Bonchev–Trinajstić information content (AvgIpc) is 2.39. The van der Waals surface area contributed by atoms with E-state index >= 15 is 0 Å². The Labute approximate surface area is 125 Å². The minimum atomic E-state index is -1.03. The number of aromatic nitrogens is 1. The minimum Gasteiger partial charge on any atom is -0.388 e. The van der Waals surface area contributed by atoms with Crippen molar-refractivity contribution in [1.29, 1.82) is 0 Å². The number of rotatable bonds is 7. The molecule has 1 amide bonds. The van der Waals surface area contributed by atoms with Gasteiger partial charge in [-0.3, -0.25) is 9.59 Å². The van der Waals surface area contributed by atoms with Crippen molar-refractivity contribution >= 4 is 21.8 Å².